The van der Waals surface area contributed by atoms with E-state index in [-0.39, 0.29) is 18.4 Å². The Morgan fingerprint density at radius 2 is 2.03 bits per heavy atom. The molecule has 0 spiro atoms. The fraction of sp³-hybridized carbons (Fsp3) is 0.423. The zero-order valence-corrected chi connectivity index (χ0v) is 19.5. The summed E-state index contributed by atoms with van der Waals surface area (Å²) in [6.07, 6.45) is 2.77. The second-order valence-corrected chi connectivity index (χ2v) is 8.78. The number of amides is 1. The van der Waals surface area contributed by atoms with Crippen LogP contribution in [0.4, 0.5) is 5.69 Å². The van der Waals surface area contributed by atoms with Gasteiger partial charge in [0.25, 0.3) is 0 Å². The largest absolute Gasteiger partial charge is 0.489 e. The van der Waals surface area contributed by atoms with Crippen LogP contribution in [0.25, 0.3) is 11.4 Å². The average Bonchev–Trinajstić information content (AvgIpc) is 3.50. The highest BCUT2D eigenvalue weighted by atomic mass is 16.5. The molecule has 1 aliphatic heterocycles. The van der Waals surface area contributed by atoms with Gasteiger partial charge < -0.3 is 19.3 Å². The fourth-order valence-corrected chi connectivity index (χ4v) is 3.73. The van der Waals surface area contributed by atoms with Gasteiger partial charge in [-0.2, -0.15) is 4.98 Å². The number of ether oxygens (including phenoxy) is 2. The van der Waals surface area contributed by atoms with Crippen molar-refractivity contribution in [3.63, 3.8) is 0 Å². The Morgan fingerprint density at radius 3 is 2.76 bits per heavy atom. The van der Waals surface area contributed by atoms with E-state index < -0.39 is 0 Å². The average molecular weight is 450 g/mol. The summed E-state index contributed by atoms with van der Waals surface area (Å²) in [4.78, 5) is 17.0. The number of hydrogen-bond donors (Lipinski definition) is 1. The number of hydrogen-bond acceptors (Lipinski definition) is 6. The van der Waals surface area contributed by atoms with Crippen molar-refractivity contribution in [2.75, 3.05) is 18.5 Å². The molecule has 4 rings (SSSR count). The maximum atomic E-state index is 12.6. The lowest BCUT2D eigenvalue weighted by Gasteiger charge is -2.16. The monoisotopic (exact) mass is 449 g/mol. The topological polar surface area (TPSA) is 86.5 Å². The second-order valence-electron chi connectivity index (χ2n) is 8.78. The van der Waals surface area contributed by atoms with Crippen LogP contribution in [0.2, 0.25) is 0 Å². The van der Waals surface area contributed by atoms with Crippen LogP contribution < -0.4 is 10.1 Å². The summed E-state index contributed by atoms with van der Waals surface area (Å²) >= 11 is 0. The molecule has 1 fully saturated rings. The van der Waals surface area contributed by atoms with E-state index >= 15 is 0 Å². The Labute approximate surface area is 194 Å². The van der Waals surface area contributed by atoms with Gasteiger partial charge in [-0.3, -0.25) is 4.79 Å². The lowest BCUT2D eigenvalue weighted by atomic mass is 10.0. The number of anilines is 1. The molecule has 1 saturated heterocycles. The Balaban J connectivity index is 1.32. The first-order valence-corrected chi connectivity index (χ1v) is 11.6. The van der Waals surface area contributed by atoms with Gasteiger partial charge in [0.1, 0.15) is 12.4 Å². The van der Waals surface area contributed by atoms with E-state index in [1.807, 2.05) is 37.3 Å². The minimum absolute atomic E-state index is 0.113. The maximum Gasteiger partial charge on any atom is 0.227 e. The molecule has 0 radical (unpaired) electrons. The summed E-state index contributed by atoms with van der Waals surface area (Å²) in [5.74, 6) is 1.95. The lowest BCUT2D eigenvalue weighted by molar-refractivity contribution is -0.116. The van der Waals surface area contributed by atoms with Crippen LogP contribution in [0.15, 0.2) is 47.0 Å². The zero-order chi connectivity index (χ0) is 23.2. The van der Waals surface area contributed by atoms with Gasteiger partial charge in [0.2, 0.25) is 17.6 Å². The molecule has 2 aromatic carbocycles. The van der Waals surface area contributed by atoms with E-state index in [9.17, 15) is 4.79 Å². The third kappa shape index (κ3) is 6.20. The van der Waals surface area contributed by atoms with Crippen LogP contribution in [0.3, 0.4) is 0 Å². The summed E-state index contributed by atoms with van der Waals surface area (Å²) in [6.45, 7) is 7.57. The van der Waals surface area contributed by atoms with Crippen molar-refractivity contribution in [1.82, 2.24) is 10.1 Å². The number of carbonyl (C=O) groups is 1. The maximum absolute atomic E-state index is 12.6. The van der Waals surface area contributed by atoms with Crippen molar-refractivity contribution < 1.29 is 18.8 Å². The standard InChI is InChI=1S/C26H31N3O4/c1-17(2)19-7-9-20(10-8-19)26-28-25(33-29-26)13-12-24(30)27-22-11-6-18(3)15-23(22)32-16-21-5-4-14-31-21/h6-11,15,17,21H,4-5,12-14,16H2,1-3H3,(H,27,30). The van der Waals surface area contributed by atoms with Gasteiger partial charge in [0.15, 0.2) is 0 Å². The first-order valence-electron chi connectivity index (χ1n) is 11.6. The van der Waals surface area contributed by atoms with Crippen molar-refractivity contribution in [3.05, 3.63) is 59.5 Å². The van der Waals surface area contributed by atoms with Gasteiger partial charge >= 0.3 is 0 Å². The molecule has 0 saturated carbocycles. The van der Waals surface area contributed by atoms with Crippen LogP contribution in [0.1, 0.15) is 56.0 Å². The summed E-state index contributed by atoms with van der Waals surface area (Å²) in [5, 5.41) is 7.00. The molecule has 1 aromatic heterocycles. The van der Waals surface area contributed by atoms with Gasteiger partial charge in [-0.05, 0) is 48.9 Å². The Kier molecular flexibility index (Phi) is 7.40. The van der Waals surface area contributed by atoms with Crippen LogP contribution >= 0.6 is 0 Å². The lowest BCUT2D eigenvalue weighted by Crippen LogP contribution is -2.18. The highest BCUT2D eigenvalue weighted by Crippen LogP contribution is 2.27. The fourth-order valence-electron chi connectivity index (χ4n) is 3.73. The van der Waals surface area contributed by atoms with Crippen LogP contribution in [-0.4, -0.2) is 35.4 Å². The number of aromatic nitrogens is 2. The van der Waals surface area contributed by atoms with Gasteiger partial charge in [0, 0.05) is 25.0 Å². The molecule has 1 unspecified atom stereocenters. The van der Waals surface area contributed by atoms with E-state index in [0.717, 1.165) is 30.6 Å². The van der Waals surface area contributed by atoms with E-state index in [4.69, 9.17) is 14.0 Å². The smallest absolute Gasteiger partial charge is 0.227 e. The molecule has 7 nitrogen and oxygen atoms in total. The molecule has 3 aromatic rings. The molecule has 33 heavy (non-hydrogen) atoms. The Morgan fingerprint density at radius 1 is 1.21 bits per heavy atom. The third-order valence-electron chi connectivity index (χ3n) is 5.73. The molecular formula is C26H31N3O4. The first-order chi connectivity index (χ1) is 16.0. The number of nitrogens with zero attached hydrogens (tertiary/aromatic N) is 2. The predicted molar refractivity (Wildman–Crippen MR) is 126 cm³/mol. The van der Waals surface area contributed by atoms with Crippen LogP contribution in [0, 0.1) is 6.92 Å². The number of rotatable bonds is 9. The van der Waals surface area contributed by atoms with Gasteiger partial charge in [-0.25, -0.2) is 0 Å². The molecule has 1 amide bonds. The highest BCUT2D eigenvalue weighted by molar-refractivity contribution is 5.92. The molecule has 174 valence electrons. The van der Waals surface area contributed by atoms with E-state index in [2.05, 4.69) is 41.4 Å². The van der Waals surface area contributed by atoms with Gasteiger partial charge in [-0.1, -0.05) is 49.3 Å². The quantitative estimate of drug-likeness (QED) is 0.477. The SMILES string of the molecule is Cc1ccc(NC(=O)CCc2nc(-c3ccc(C(C)C)cc3)no2)c(OCC2CCCO2)c1. The van der Waals surface area contributed by atoms with Crippen molar-refractivity contribution in [2.45, 2.75) is 58.5 Å². The predicted octanol–water partition coefficient (Wildman–Crippen LogP) is 5.30. The molecule has 0 bridgehead atoms. The van der Waals surface area contributed by atoms with Crippen molar-refractivity contribution in [3.8, 4) is 17.1 Å². The molecule has 1 N–H and O–H groups in total. The summed E-state index contributed by atoms with van der Waals surface area (Å²) < 4.78 is 16.9. The molecule has 1 atom stereocenters. The van der Waals surface area contributed by atoms with E-state index in [1.165, 1.54) is 5.56 Å². The van der Waals surface area contributed by atoms with E-state index in [0.29, 0.717) is 42.1 Å². The molecule has 2 heterocycles. The van der Waals surface area contributed by atoms with Crippen molar-refractivity contribution >= 4 is 11.6 Å². The Hall–Kier alpha value is -3.19. The second kappa shape index (κ2) is 10.6. The van der Waals surface area contributed by atoms with Crippen LogP contribution in [-0.2, 0) is 16.0 Å². The zero-order valence-electron chi connectivity index (χ0n) is 19.5. The van der Waals surface area contributed by atoms with Crippen molar-refractivity contribution in [2.24, 2.45) is 0 Å². The Bertz CT molecular complexity index is 1070. The normalized spacial score (nSPS) is 15.7. The molecular weight excluding hydrogens is 418 g/mol. The third-order valence-corrected chi connectivity index (χ3v) is 5.73. The number of aryl methyl sites for hydroxylation is 2. The number of carbonyl (C=O) groups excluding carboxylic acids is 1. The van der Waals surface area contributed by atoms with Crippen LogP contribution in [0.5, 0.6) is 5.75 Å². The highest BCUT2D eigenvalue weighted by Gasteiger charge is 2.18. The van der Waals surface area contributed by atoms with Gasteiger partial charge in [-0.15, -0.1) is 0 Å². The van der Waals surface area contributed by atoms with Crippen molar-refractivity contribution in [1.29, 1.82) is 0 Å². The number of benzene rings is 2. The minimum atomic E-state index is -0.137. The van der Waals surface area contributed by atoms with Gasteiger partial charge in [0.05, 0.1) is 11.8 Å². The minimum Gasteiger partial charge on any atom is -0.489 e. The summed E-state index contributed by atoms with van der Waals surface area (Å²) in [6, 6.07) is 13.9. The summed E-state index contributed by atoms with van der Waals surface area (Å²) in [5.41, 5.74) is 3.87. The first kappa shape index (κ1) is 23.0. The molecule has 0 aliphatic carbocycles. The number of nitrogens with one attached hydrogen (secondary N) is 1. The molecule has 1 aliphatic rings. The summed E-state index contributed by atoms with van der Waals surface area (Å²) in [7, 11) is 0. The molecule has 7 heteroatoms. The van der Waals surface area contributed by atoms with E-state index in [1.54, 1.807) is 0 Å².